The summed E-state index contributed by atoms with van der Waals surface area (Å²) in [4.78, 5) is 207. The van der Waals surface area contributed by atoms with Crippen molar-refractivity contribution < 1.29 is 97.2 Å². The Balaban J connectivity index is 0.000000223. The molecule has 5 saturated carbocycles. The molecule has 13 N–H and O–H groups in total. The zero-order valence-electron chi connectivity index (χ0n) is 89.3. The maximum absolute atomic E-state index is 14.5. The number of nitrogens with zero attached hydrogens (tertiary/aromatic N) is 6. The van der Waals surface area contributed by atoms with Crippen molar-refractivity contribution >= 4 is 130 Å². The van der Waals surface area contributed by atoms with E-state index in [4.69, 9.17) is 12.2 Å². The standard InChI is InChI=1S/C35H54N6O7S2.C34H56N6O7S.C33H54N6O7S/c1-11-13-21(27(42)30(44)36-15-12-2)37-29(43)26-25-20(35(25,9)10)17-41(26)31(45)28(34(6,7)8)39-32(46)38-24(33(3,4)5)19-40-18-22-23(14-16-49-22)50(40,47)48;1-11-13-15-22(26(41)29(43)35-16-12-2)36-28(42)25-24-21(34(24,9)10)19-40(25)30(44)27(33(6,7)8)38-31(45)37-23(32(3,4)5)20-39-17-14-18-48(39,46)47;1-32(2,3)23(18-38-14-9-15-47(38,45)46)36-31(44)37-25(20-10-7-6-8-11-20)30(43)39-17-21-24(33(21,4)5)26(39)29(42)35-22(16-19-12-13-19)27(40)28(34)41/h12,14,16,20-21,24-26,28H,2,11,13,15,17-19H2,1,3-10H3,(H,36,44)(H,37,43)(H2,38,39,46);1,21-25,27H,12-20H2,2-10H3,(H,35,43)(H,36,42)(H2,37,38,45);19-26H,6-18H2,1-5H3,(H2,34,41)(H,35,42)(H2,36,37,44)/t20-,21?,24+,25-,26-,28+;21-,22?,23+,24-,25-,27+;21-,22?,23+,24-,25-,26-/m000/s1. The summed E-state index contributed by atoms with van der Waals surface area (Å²) in [6.45, 7) is 50.4. The number of sulfonamides is 3. The van der Waals surface area contributed by atoms with Gasteiger partial charge in [-0.3, -0.25) is 57.5 Å². The molecule has 0 bridgehead atoms. The highest BCUT2D eigenvalue weighted by atomic mass is 32.2. The van der Waals surface area contributed by atoms with Crippen LogP contribution in [-0.4, -0.2) is 291 Å². The Kier molecular flexibility index (Phi) is 37.1. The van der Waals surface area contributed by atoms with Crippen LogP contribution >= 0.6 is 11.3 Å². The molecule has 7 heterocycles. The number of carbonyl (C=O) groups is 15. The number of thiophene rings is 1. The van der Waals surface area contributed by atoms with Gasteiger partial charge in [0, 0.05) is 101 Å². The van der Waals surface area contributed by atoms with Crippen LogP contribution in [0.5, 0.6) is 0 Å². The number of rotatable bonds is 38. The van der Waals surface area contributed by atoms with Crippen LogP contribution < -0.4 is 64.2 Å². The van der Waals surface area contributed by atoms with Crippen molar-refractivity contribution in [3.05, 3.63) is 29.0 Å². The van der Waals surface area contributed by atoms with E-state index >= 15 is 0 Å². The largest absolute Gasteiger partial charge is 0.363 e. The van der Waals surface area contributed by atoms with Crippen molar-refractivity contribution in [2.45, 2.75) is 340 Å². The first kappa shape index (κ1) is 118. The molecule has 0 aromatic carbocycles. The van der Waals surface area contributed by atoms with E-state index in [-0.39, 0.29) is 133 Å². The van der Waals surface area contributed by atoms with Gasteiger partial charge in [-0.25, -0.2) is 39.6 Å². The molecule has 18 atom stereocenters. The third kappa shape index (κ3) is 27.7. The fourth-order valence-electron chi connectivity index (χ4n) is 22.1. The third-order valence-corrected chi connectivity index (χ3v) is 38.7. The summed E-state index contributed by atoms with van der Waals surface area (Å²) in [6, 6.07) is -10.7. The number of Topliss-reactive ketones (excluding diaryl/α,β-unsaturated/α-hetero) is 3. The molecule has 145 heavy (non-hydrogen) atoms. The highest BCUT2D eigenvalue weighted by molar-refractivity contribution is 7.90. The van der Waals surface area contributed by atoms with E-state index in [0.29, 0.717) is 76.3 Å². The van der Waals surface area contributed by atoms with Crippen LogP contribution in [0.3, 0.4) is 0 Å². The van der Waals surface area contributed by atoms with Crippen molar-refractivity contribution in [3.63, 3.8) is 0 Å². The number of ketones is 3. The van der Waals surface area contributed by atoms with Gasteiger partial charge in [0.2, 0.25) is 82.9 Å². The van der Waals surface area contributed by atoms with Crippen molar-refractivity contribution in [2.75, 3.05) is 77.0 Å². The van der Waals surface area contributed by atoms with Crippen molar-refractivity contribution in [2.24, 2.45) is 96.4 Å². The summed E-state index contributed by atoms with van der Waals surface area (Å²) < 4.78 is 80.7. The number of piperidine rings is 3. The number of urea groups is 3. The van der Waals surface area contributed by atoms with Crippen molar-refractivity contribution in [3.8, 4) is 12.3 Å². The van der Waals surface area contributed by atoms with Crippen LogP contribution in [0.2, 0.25) is 0 Å². The minimum atomic E-state index is -3.69. The Morgan fingerprint density at radius 3 is 1.24 bits per heavy atom. The minimum absolute atomic E-state index is 0.0343. The molecule has 6 aliphatic heterocycles. The molecule has 39 nitrogen and oxygen atoms in total. The first-order chi connectivity index (χ1) is 67.0. The molecule has 1 aromatic rings. The van der Waals surface area contributed by atoms with E-state index in [0.717, 1.165) is 49.8 Å². The number of carbonyl (C=O) groups excluding carboxylic acids is 15. The van der Waals surface area contributed by atoms with E-state index in [1.807, 2.05) is 145 Å². The van der Waals surface area contributed by atoms with Crippen LogP contribution in [0.1, 0.15) is 260 Å². The van der Waals surface area contributed by atoms with Crippen LogP contribution in [0.25, 0.3) is 0 Å². The number of primary amides is 1. The SMILES string of the molecule is C#CCCC(NC(=O)[C@@H]1[C@@H]2[C@H](CN1C(=O)[C@@H](NC(=O)N[C@H](CN1CCCS1(=O)=O)C(C)(C)C)C(C)(C)C)C2(C)C)C(=O)C(=O)NCCC.C=CCNC(=O)C(=O)C(CCC)NC(=O)[C@@H]1[C@@H]2[C@H](CN1C(=O)[C@@H](NC(=O)N[C@H](CN1Cc3sccc3S1(=O)=O)C(C)(C)C)C(C)(C)C)C2(C)C.CC(C)(C)[C@@H](CN1CCCS1(=O)=O)NC(=O)N[C@H](C(=O)N1C[C@H]2[C@@H]([C@H]1C(=O)NC(CC1CC1)C(=O)C(N)=O)C2(C)C)C1CCCCC1. The van der Waals surface area contributed by atoms with E-state index in [1.165, 1.54) is 40.1 Å². The smallest absolute Gasteiger partial charge is 0.315 e. The summed E-state index contributed by atoms with van der Waals surface area (Å²) in [5.41, 5.74) is 1.65. The lowest BCUT2D eigenvalue weighted by Gasteiger charge is -2.39. The predicted molar refractivity (Wildman–Crippen MR) is 549 cm³/mol. The first-order valence-electron chi connectivity index (χ1n) is 51.6. The van der Waals surface area contributed by atoms with Crippen molar-refractivity contribution in [1.29, 1.82) is 0 Å². The topological polar surface area (TPSA) is 536 Å². The van der Waals surface area contributed by atoms with Gasteiger partial charge >= 0.3 is 18.1 Å². The molecule has 5 saturated heterocycles. The maximum atomic E-state index is 14.5. The predicted octanol–water partition coefficient (Wildman–Crippen LogP) is 6.15. The summed E-state index contributed by atoms with van der Waals surface area (Å²) in [7, 11) is -10.5. The number of amides is 15. The first-order valence-corrected chi connectivity index (χ1v) is 57.2. The quantitative estimate of drug-likeness (QED) is 0.0200. The molecule has 43 heteroatoms. The molecule has 11 aliphatic rings. The van der Waals surface area contributed by atoms with Gasteiger partial charge < -0.3 is 78.9 Å². The van der Waals surface area contributed by atoms with E-state index in [2.05, 4.69) is 84.8 Å². The molecule has 5 aliphatic carbocycles. The monoisotopic (exact) mass is 2110 g/mol. The molecule has 0 spiro atoms. The molecular weight excluding hydrogens is 1940 g/mol. The van der Waals surface area contributed by atoms with Gasteiger partial charge in [0.05, 0.1) is 34.5 Å². The summed E-state index contributed by atoms with van der Waals surface area (Å²) >= 11 is 1.38. The van der Waals surface area contributed by atoms with Gasteiger partial charge in [-0.15, -0.1) is 30.3 Å². The van der Waals surface area contributed by atoms with E-state index < -0.39 is 212 Å². The van der Waals surface area contributed by atoms with Crippen LogP contribution in [0.4, 0.5) is 14.4 Å². The summed E-state index contributed by atoms with van der Waals surface area (Å²) in [5.74, 6) is -5.39. The van der Waals surface area contributed by atoms with Crippen LogP contribution in [0.15, 0.2) is 29.0 Å². The van der Waals surface area contributed by atoms with Gasteiger partial charge in [0.15, 0.2) is 0 Å². The molecule has 15 amide bonds. The number of likely N-dealkylation sites (tertiary alicyclic amines) is 3. The van der Waals surface area contributed by atoms with Gasteiger partial charge in [-0.1, -0.05) is 204 Å². The molecule has 12 rings (SSSR count). The van der Waals surface area contributed by atoms with Gasteiger partial charge in [-0.2, -0.15) is 12.9 Å². The average molecular weight is 2110 g/mol. The normalized spacial score (nSPS) is 25.8. The third-order valence-electron chi connectivity index (χ3n) is 31.9. The molecule has 1 aromatic heterocycles. The molecule has 0 radical (unpaired) electrons. The van der Waals surface area contributed by atoms with Crippen molar-refractivity contribution in [1.82, 2.24) is 86.1 Å². The number of hydrogen-bond donors (Lipinski definition) is 12. The Labute approximate surface area is 862 Å². The lowest BCUT2D eigenvalue weighted by atomic mass is 9.83. The molecule has 812 valence electrons. The average Bonchev–Trinajstić information content (AvgIpc) is 1.53. The highest BCUT2D eigenvalue weighted by Crippen LogP contribution is 2.67. The molecule has 10 fully saturated rings. The lowest BCUT2D eigenvalue weighted by molar-refractivity contribution is -0.145. The Morgan fingerprint density at radius 2 is 0.883 bits per heavy atom. The van der Waals surface area contributed by atoms with Gasteiger partial charge in [0.25, 0.3) is 17.7 Å². The number of terminal acetylenes is 1. The number of hydrogen-bond acceptors (Lipinski definition) is 22. The fourth-order valence-corrected chi connectivity index (χ4v) is 28.1. The number of nitrogens with one attached hydrogen (secondary N) is 11. The number of nitrogens with two attached hydrogens (primary N) is 1. The Morgan fingerprint density at radius 1 is 0.490 bits per heavy atom. The van der Waals surface area contributed by atoms with Crippen LogP contribution in [-0.2, 0) is 94.1 Å². The second-order valence-electron chi connectivity index (χ2n) is 48.9. The summed E-state index contributed by atoms with van der Waals surface area (Å²) in [6.07, 6.45) is 16.2. The van der Waals surface area contributed by atoms with E-state index in [1.54, 1.807) is 16.3 Å². The second-order valence-corrected chi connectivity index (χ2v) is 56.0. The molecular formula is C102H164N18O21S4. The lowest BCUT2D eigenvalue weighted by Crippen LogP contribution is -2.62. The Hall–Kier alpha value is -9.22. The maximum Gasteiger partial charge on any atom is 0.315 e. The fraction of sp³-hybridized carbons (Fsp3) is 0.775. The Bertz CT molecular complexity index is 5440. The van der Waals surface area contributed by atoms with E-state index in [9.17, 15) is 97.2 Å². The summed E-state index contributed by atoms with van der Waals surface area (Å²) in [5, 5.41) is 32.6. The van der Waals surface area contributed by atoms with Gasteiger partial charge in [-0.05, 0) is 153 Å². The molecule has 3 unspecified atom stereocenters. The van der Waals surface area contributed by atoms with Crippen LogP contribution in [0, 0.1) is 103 Å². The zero-order valence-corrected chi connectivity index (χ0v) is 92.6. The number of fused-ring (bicyclic) bond motifs is 4. The minimum Gasteiger partial charge on any atom is -0.363 e. The zero-order chi connectivity index (χ0) is 108. The highest BCUT2D eigenvalue weighted by Gasteiger charge is 2.73. The second kappa shape index (κ2) is 45.7. The van der Waals surface area contributed by atoms with Gasteiger partial charge in [0.1, 0.15) is 36.3 Å².